The summed E-state index contributed by atoms with van der Waals surface area (Å²) in [5, 5.41) is 0. The molecular formula is C32H43NO. The largest absolute Gasteiger partial charge is 0.494 e. The third-order valence-corrected chi connectivity index (χ3v) is 6.53. The molecule has 34 heavy (non-hydrogen) atoms. The number of rotatable bonds is 16. The highest BCUT2D eigenvalue weighted by Gasteiger charge is 2.02. The fourth-order valence-electron chi connectivity index (χ4n) is 4.28. The van der Waals surface area contributed by atoms with Crippen molar-refractivity contribution in [1.29, 1.82) is 0 Å². The molecule has 0 aliphatic rings. The molecule has 1 heterocycles. The molecule has 2 heteroatoms. The van der Waals surface area contributed by atoms with Crippen LogP contribution in [0.2, 0.25) is 0 Å². The third kappa shape index (κ3) is 9.33. The lowest BCUT2D eigenvalue weighted by Crippen LogP contribution is -1.97. The quantitative estimate of drug-likeness (QED) is 0.200. The van der Waals surface area contributed by atoms with Crippen LogP contribution in [0.15, 0.2) is 66.9 Å². The van der Waals surface area contributed by atoms with Crippen LogP contribution in [-0.4, -0.2) is 11.6 Å². The molecule has 0 saturated carbocycles. The van der Waals surface area contributed by atoms with E-state index in [2.05, 4.69) is 80.7 Å². The van der Waals surface area contributed by atoms with Crippen LogP contribution in [-0.2, 0) is 19.3 Å². The summed E-state index contributed by atoms with van der Waals surface area (Å²) in [4.78, 5) is 4.69. The molecule has 0 saturated heterocycles. The Hall–Kier alpha value is -2.61. The molecule has 0 spiro atoms. The smallest absolute Gasteiger partial charge is 0.119 e. The number of aromatic nitrogens is 1. The van der Waals surface area contributed by atoms with Crippen molar-refractivity contribution in [3.8, 4) is 16.9 Å². The Morgan fingerprint density at radius 2 is 1.15 bits per heavy atom. The van der Waals surface area contributed by atoms with Gasteiger partial charge in [-0.2, -0.15) is 0 Å². The van der Waals surface area contributed by atoms with Gasteiger partial charge >= 0.3 is 0 Å². The summed E-state index contributed by atoms with van der Waals surface area (Å²) < 4.78 is 5.87. The van der Waals surface area contributed by atoms with Crippen molar-refractivity contribution in [1.82, 2.24) is 4.98 Å². The van der Waals surface area contributed by atoms with Crippen molar-refractivity contribution in [3.05, 3.63) is 83.7 Å². The molecule has 1 aromatic heterocycles. The summed E-state index contributed by atoms with van der Waals surface area (Å²) in [6.07, 6.45) is 16.8. The molecule has 3 rings (SSSR count). The third-order valence-electron chi connectivity index (χ3n) is 6.53. The van der Waals surface area contributed by atoms with Gasteiger partial charge in [-0.05, 0) is 72.6 Å². The maximum absolute atomic E-state index is 5.87. The molecular weight excluding hydrogens is 414 g/mol. The van der Waals surface area contributed by atoms with E-state index in [0.717, 1.165) is 38.0 Å². The van der Waals surface area contributed by atoms with Crippen LogP contribution in [0, 0.1) is 0 Å². The Bertz CT molecular complexity index is 913. The van der Waals surface area contributed by atoms with Gasteiger partial charge < -0.3 is 4.74 Å². The van der Waals surface area contributed by atoms with Gasteiger partial charge in [0, 0.05) is 11.9 Å². The van der Waals surface area contributed by atoms with E-state index in [-0.39, 0.29) is 0 Å². The van der Waals surface area contributed by atoms with Crippen molar-refractivity contribution in [3.63, 3.8) is 0 Å². The Balaban J connectivity index is 1.41. The van der Waals surface area contributed by atoms with E-state index in [1.165, 1.54) is 79.3 Å². The molecule has 182 valence electrons. The normalized spacial score (nSPS) is 11.0. The monoisotopic (exact) mass is 457 g/mol. The standard InChI is InChI=1S/C32H43NO/c1-3-5-7-9-10-12-31-22-17-28(26-33-31)14-13-27-15-18-29(19-16-27)30-20-23-32(24-21-30)34-25-11-8-6-4-2/h15-24,26H,3-14,25H2,1-2H3. The molecule has 0 radical (unpaired) electrons. The highest BCUT2D eigenvalue weighted by atomic mass is 16.5. The number of ether oxygens (including phenoxy) is 1. The van der Waals surface area contributed by atoms with Gasteiger partial charge in [0.2, 0.25) is 0 Å². The fourth-order valence-corrected chi connectivity index (χ4v) is 4.28. The van der Waals surface area contributed by atoms with Crippen molar-refractivity contribution in [2.24, 2.45) is 0 Å². The van der Waals surface area contributed by atoms with Gasteiger partial charge in [0.05, 0.1) is 6.61 Å². The molecule has 0 N–H and O–H groups in total. The van der Waals surface area contributed by atoms with Crippen molar-refractivity contribution < 1.29 is 4.74 Å². The van der Waals surface area contributed by atoms with Gasteiger partial charge in [0.1, 0.15) is 5.75 Å². The topological polar surface area (TPSA) is 22.1 Å². The zero-order valence-corrected chi connectivity index (χ0v) is 21.4. The first-order valence-electron chi connectivity index (χ1n) is 13.5. The van der Waals surface area contributed by atoms with Crippen LogP contribution >= 0.6 is 0 Å². The van der Waals surface area contributed by atoms with Gasteiger partial charge in [-0.3, -0.25) is 4.98 Å². The Morgan fingerprint density at radius 1 is 0.559 bits per heavy atom. The maximum atomic E-state index is 5.87. The lowest BCUT2D eigenvalue weighted by atomic mass is 10.0. The molecule has 0 aliphatic heterocycles. The van der Waals surface area contributed by atoms with Gasteiger partial charge in [-0.15, -0.1) is 0 Å². The number of aryl methyl sites for hydroxylation is 3. The van der Waals surface area contributed by atoms with Crippen LogP contribution in [0.1, 0.15) is 88.5 Å². The average Bonchev–Trinajstić information content (AvgIpc) is 2.89. The molecule has 0 amide bonds. The van der Waals surface area contributed by atoms with Crippen LogP contribution < -0.4 is 4.74 Å². The van der Waals surface area contributed by atoms with E-state index in [1.807, 2.05) is 0 Å². The number of pyridine rings is 1. The zero-order valence-electron chi connectivity index (χ0n) is 21.4. The van der Waals surface area contributed by atoms with E-state index in [4.69, 9.17) is 9.72 Å². The van der Waals surface area contributed by atoms with Crippen LogP contribution in [0.5, 0.6) is 5.75 Å². The second-order valence-electron chi connectivity index (χ2n) is 9.45. The zero-order chi connectivity index (χ0) is 23.8. The van der Waals surface area contributed by atoms with E-state index in [1.54, 1.807) is 0 Å². The van der Waals surface area contributed by atoms with Gasteiger partial charge in [0.25, 0.3) is 0 Å². The fraction of sp³-hybridized carbons (Fsp3) is 0.469. The van der Waals surface area contributed by atoms with E-state index >= 15 is 0 Å². The predicted molar refractivity (Wildman–Crippen MR) is 146 cm³/mol. The minimum atomic E-state index is 0.811. The highest BCUT2D eigenvalue weighted by molar-refractivity contribution is 5.64. The molecule has 0 aliphatic carbocycles. The van der Waals surface area contributed by atoms with Crippen LogP contribution in [0.4, 0.5) is 0 Å². The second kappa shape index (κ2) is 15.3. The predicted octanol–water partition coefficient (Wildman–Crippen LogP) is 9.01. The van der Waals surface area contributed by atoms with E-state index in [9.17, 15) is 0 Å². The molecule has 0 unspecified atom stereocenters. The van der Waals surface area contributed by atoms with Gasteiger partial charge in [-0.25, -0.2) is 0 Å². The number of unbranched alkanes of at least 4 members (excludes halogenated alkanes) is 7. The number of hydrogen-bond donors (Lipinski definition) is 0. The van der Waals surface area contributed by atoms with Crippen molar-refractivity contribution >= 4 is 0 Å². The molecule has 0 bridgehead atoms. The number of benzene rings is 2. The van der Waals surface area contributed by atoms with Gasteiger partial charge in [0.15, 0.2) is 0 Å². The lowest BCUT2D eigenvalue weighted by molar-refractivity contribution is 0.305. The Morgan fingerprint density at radius 3 is 1.79 bits per heavy atom. The summed E-state index contributed by atoms with van der Waals surface area (Å²) in [5.41, 5.74) is 6.42. The molecule has 2 aromatic carbocycles. The Kier molecular flexibility index (Phi) is 11.7. The van der Waals surface area contributed by atoms with Crippen LogP contribution in [0.25, 0.3) is 11.1 Å². The first kappa shape index (κ1) is 26.0. The maximum Gasteiger partial charge on any atom is 0.119 e. The first-order valence-corrected chi connectivity index (χ1v) is 13.5. The number of hydrogen-bond acceptors (Lipinski definition) is 2. The minimum Gasteiger partial charge on any atom is -0.494 e. The number of nitrogens with zero attached hydrogens (tertiary/aromatic N) is 1. The van der Waals surface area contributed by atoms with Crippen molar-refractivity contribution in [2.45, 2.75) is 90.9 Å². The molecule has 2 nitrogen and oxygen atoms in total. The second-order valence-corrected chi connectivity index (χ2v) is 9.45. The highest BCUT2D eigenvalue weighted by Crippen LogP contribution is 2.23. The van der Waals surface area contributed by atoms with E-state index in [0.29, 0.717) is 0 Å². The lowest BCUT2D eigenvalue weighted by Gasteiger charge is -2.08. The Labute approximate surface area is 207 Å². The molecule has 0 atom stereocenters. The first-order chi connectivity index (χ1) is 16.8. The van der Waals surface area contributed by atoms with Crippen molar-refractivity contribution in [2.75, 3.05) is 6.61 Å². The van der Waals surface area contributed by atoms with E-state index < -0.39 is 0 Å². The van der Waals surface area contributed by atoms with Gasteiger partial charge in [-0.1, -0.05) is 101 Å². The molecule has 0 fully saturated rings. The summed E-state index contributed by atoms with van der Waals surface area (Å²) in [6, 6.07) is 22.0. The summed E-state index contributed by atoms with van der Waals surface area (Å²) >= 11 is 0. The summed E-state index contributed by atoms with van der Waals surface area (Å²) in [7, 11) is 0. The van der Waals surface area contributed by atoms with Crippen LogP contribution in [0.3, 0.4) is 0 Å². The SMILES string of the molecule is CCCCCCCc1ccc(CCc2ccc(-c3ccc(OCCCCCC)cc3)cc2)cn1. The summed E-state index contributed by atoms with van der Waals surface area (Å²) in [6.45, 7) is 5.31. The molecule has 3 aromatic rings. The average molecular weight is 458 g/mol. The minimum absolute atomic E-state index is 0.811. The summed E-state index contributed by atoms with van der Waals surface area (Å²) in [5.74, 6) is 0.966.